The molecule has 1 aromatic heterocycles. The highest BCUT2D eigenvalue weighted by Gasteiger charge is 2.23. The lowest BCUT2D eigenvalue weighted by atomic mass is 10.2. The van der Waals surface area contributed by atoms with Gasteiger partial charge in [-0.05, 0) is 25.3 Å². The average Bonchev–Trinajstić information content (AvgIpc) is 2.91. The van der Waals surface area contributed by atoms with Gasteiger partial charge in [0.1, 0.15) is 0 Å². The number of aromatic nitrogens is 1. The number of halogens is 1. The number of carbonyl (C=O) groups is 1. The molecule has 18 heavy (non-hydrogen) atoms. The van der Waals surface area contributed by atoms with Crippen LogP contribution in [0.2, 0.25) is 0 Å². The Hall–Kier alpha value is -1.65. The Morgan fingerprint density at radius 3 is 2.89 bits per heavy atom. The Bertz CT molecular complexity index is 430. The van der Waals surface area contributed by atoms with E-state index in [-0.39, 0.29) is 17.3 Å². The quantitative estimate of drug-likeness (QED) is 0.893. The molecule has 2 heterocycles. The molecule has 0 aromatic carbocycles. The van der Waals surface area contributed by atoms with Gasteiger partial charge in [-0.15, -0.1) is 0 Å². The van der Waals surface area contributed by atoms with Gasteiger partial charge in [-0.1, -0.05) is 6.92 Å². The zero-order chi connectivity index (χ0) is 13.0. The smallest absolute Gasteiger partial charge is 0.257 e. The van der Waals surface area contributed by atoms with Gasteiger partial charge in [0.25, 0.3) is 5.91 Å². The van der Waals surface area contributed by atoms with E-state index >= 15 is 0 Å². The largest absolute Gasteiger partial charge is 0.368 e. The first-order chi connectivity index (χ1) is 8.74. The Balaban J connectivity index is 2.19. The summed E-state index contributed by atoms with van der Waals surface area (Å²) in [6, 6.07) is 1.45. The fourth-order valence-corrected chi connectivity index (χ4v) is 2.07. The van der Waals surface area contributed by atoms with Gasteiger partial charge >= 0.3 is 0 Å². The summed E-state index contributed by atoms with van der Waals surface area (Å²) in [6.07, 6.45) is 4.36. The summed E-state index contributed by atoms with van der Waals surface area (Å²) < 4.78 is 14.1. The lowest BCUT2D eigenvalue weighted by molar-refractivity contribution is 0.0788. The number of amides is 1. The third-order valence-electron chi connectivity index (χ3n) is 3.06. The highest BCUT2D eigenvalue weighted by molar-refractivity contribution is 5.95. The van der Waals surface area contributed by atoms with Gasteiger partial charge in [-0.25, -0.2) is 9.37 Å². The van der Waals surface area contributed by atoms with Crippen LogP contribution in [-0.2, 0) is 0 Å². The van der Waals surface area contributed by atoms with E-state index in [1.54, 1.807) is 4.90 Å². The Labute approximate surface area is 106 Å². The standard InChI is InChI=1S/C13H18FN3O/c1-2-6-15-12-11(14)10(5-7-16-12)13(18)17-8-3-4-9-17/h5,7H,2-4,6,8-9H2,1H3,(H,15,16). The van der Waals surface area contributed by atoms with Crippen LogP contribution in [-0.4, -0.2) is 35.4 Å². The lowest BCUT2D eigenvalue weighted by Gasteiger charge is -2.16. The van der Waals surface area contributed by atoms with E-state index in [1.165, 1.54) is 12.3 Å². The molecule has 5 heteroatoms. The predicted molar refractivity (Wildman–Crippen MR) is 68.1 cm³/mol. The van der Waals surface area contributed by atoms with Crippen molar-refractivity contribution in [3.63, 3.8) is 0 Å². The summed E-state index contributed by atoms with van der Waals surface area (Å²) in [4.78, 5) is 17.7. The molecule has 1 saturated heterocycles. The molecule has 0 aliphatic carbocycles. The fraction of sp³-hybridized carbons (Fsp3) is 0.538. The summed E-state index contributed by atoms with van der Waals surface area (Å²) in [5.74, 6) is -0.600. The molecule has 0 saturated carbocycles. The lowest BCUT2D eigenvalue weighted by Crippen LogP contribution is -2.28. The molecule has 1 aliphatic rings. The summed E-state index contributed by atoms with van der Waals surface area (Å²) in [6.45, 7) is 4.08. The van der Waals surface area contributed by atoms with Gasteiger partial charge < -0.3 is 10.2 Å². The first-order valence-electron chi connectivity index (χ1n) is 6.41. The third kappa shape index (κ3) is 2.60. The molecular formula is C13H18FN3O. The van der Waals surface area contributed by atoms with E-state index in [9.17, 15) is 9.18 Å². The zero-order valence-electron chi connectivity index (χ0n) is 10.6. The van der Waals surface area contributed by atoms with Crippen molar-refractivity contribution >= 4 is 11.7 Å². The van der Waals surface area contributed by atoms with Gasteiger partial charge in [0, 0.05) is 25.8 Å². The van der Waals surface area contributed by atoms with Crippen molar-refractivity contribution < 1.29 is 9.18 Å². The number of anilines is 1. The molecule has 0 spiro atoms. The van der Waals surface area contributed by atoms with Crippen molar-refractivity contribution in [1.29, 1.82) is 0 Å². The molecule has 98 valence electrons. The molecule has 1 fully saturated rings. The van der Waals surface area contributed by atoms with E-state index in [0.29, 0.717) is 6.54 Å². The number of carbonyl (C=O) groups excluding carboxylic acids is 1. The highest BCUT2D eigenvalue weighted by atomic mass is 19.1. The van der Waals surface area contributed by atoms with Crippen molar-refractivity contribution in [2.24, 2.45) is 0 Å². The Morgan fingerprint density at radius 2 is 2.22 bits per heavy atom. The van der Waals surface area contributed by atoms with Gasteiger partial charge in [0.2, 0.25) is 0 Å². The van der Waals surface area contributed by atoms with Crippen molar-refractivity contribution in [1.82, 2.24) is 9.88 Å². The van der Waals surface area contributed by atoms with E-state index in [4.69, 9.17) is 0 Å². The van der Waals surface area contributed by atoms with E-state index < -0.39 is 5.82 Å². The van der Waals surface area contributed by atoms with Crippen LogP contribution in [0.25, 0.3) is 0 Å². The Morgan fingerprint density at radius 1 is 1.50 bits per heavy atom. The second-order valence-electron chi connectivity index (χ2n) is 4.45. The normalized spacial score (nSPS) is 14.9. The van der Waals surface area contributed by atoms with Crippen LogP contribution in [0.1, 0.15) is 36.5 Å². The minimum absolute atomic E-state index is 0.116. The van der Waals surface area contributed by atoms with Gasteiger partial charge in [-0.2, -0.15) is 0 Å². The minimum atomic E-state index is -0.539. The first-order valence-corrected chi connectivity index (χ1v) is 6.41. The molecule has 1 amide bonds. The molecule has 1 aliphatic heterocycles. The molecule has 1 N–H and O–H groups in total. The predicted octanol–water partition coefficient (Wildman–Crippen LogP) is 2.28. The number of nitrogens with one attached hydrogen (secondary N) is 1. The highest BCUT2D eigenvalue weighted by Crippen LogP contribution is 2.19. The summed E-state index contributed by atoms with van der Waals surface area (Å²) in [5.41, 5.74) is 0.116. The molecule has 4 nitrogen and oxygen atoms in total. The molecule has 2 rings (SSSR count). The maximum atomic E-state index is 14.1. The number of pyridine rings is 1. The zero-order valence-corrected chi connectivity index (χ0v) is 10.6. The van der Waals surface area contributed by atoms with Crippen molar-refractivity contribution in [3.8, 4) is 0 Å². The van der Waals surface area contributed by atoms with Crippen LogP contribution >= 0.6 is 0 Å². The van der Waals surface area contributed by atoms with Crippen LogP contribution in [0.5, 0.6) is 0 Å². The number of likely N-dealkylation sites (tertiary alicyclic amines) is 1. The SMILES string of the molecule is CCCNc1nccc(C(=O)N2CCCC2)c1F. The van der Waals surface area contributed by atoms with Crippen LogP contribution < -0.4 is 5.32 Å². The van der Waals surface area contributed by atoms with Gasteiger partial charge in [0.05, 0.1) is 5.56 Å². The maximum absolute atomic E-state index is 14.1. The summed E-state index contributed by atoms with van der Waals surface area (Å²) >= 11 is 0. The first kappa shape index (κ1) is 12.8. The number of hydrogen-bond donors (Lipinski definition) is 1. The monoisotopic (exact) mass is 251 g/mol. The molecule has 0 bridgehead atoms. The van der Waals surface area contributed by atoms with Crippen LogP contribution in [0.3, 0.4) is 0 Å². The number of hydrogen-bond acceptors (Lipinski definition) is 3. The Kier molecular flexibility index (Phi) is 4.12. The average molecular weight is 251 g/mol. The molecule has 1 aromatic rings. The summed E-state index contributed by atoms with van der Waals surface area (Å²) in [5, 5.41) is 2.89. The van der Waals surface area contributed by atoms with Crippen LogP contribution in [0, 0.1) is 5.82 Å². The summed E-state index contributed by atoms with van der Waals surface area (Å²) in [7, 11) is 0. The molecule has 0 radical (unpaired) electrons. The van der Waals surface area contributed by atoms with Crippen molar-refractivity contribution in [2.45, 2.75) is 26.2 Å². The number of rotatable bonds is 4. The second-order valence-corrected chi connectivity index (χ2v) is 4.45. The van der Waals surface area contributed by atoms with Gasteiger partial charge in [0.15, 0.2) is 11.6 Å². The number of nitrogens with zero attached hydrogens (tertiary/aromatic N) is 2. The fourth-order valence-electron chi connectivity index (χ4n) is 2.07. The minimum Gasteiger partial charge on any atom is -0.368 e. The van der Waals surface area contributed by atoms with Crippen molar-refractivity contribution in [3.05, 3.63) is 23.6 Å². The van der Waals surface area contributed by atoms with E-state index in [1.807, 2.05) is 6.92 Å². The van der Waals surface area contributed by atoms with E-state index in [2.05, 4.69) is 10.3 Å². The second kappa shape index (κ2) is 5.80. The third-order valence-corrected chi connectivity index (χ3v) is 3.06. The topological polar surface area (TPSA) is 45.2 Å². The molecule has 0 atom stereocenters. The van der Waals surface area contributed by atoms with Gasteiger partial charge in [-0.3, -0.25) is 4.79 Å². The molecular weight excluding hydrogens is 233 g/mol. The van der Waals surface area contributed by atoms with Crippen LogP contribution in [0.4, 0.5) is 10.2 Å². The van der Waals surface area contributed by atoms with E-state index in [0.717, 1.165) is 32.4 Å². The van der Waals surface area contributed by atoms with Crippen LogP contribution in [0.15, 0.2) is 12.3 Å². The van der Waals surface area contributed by atoms with Crippen molar-refractivity contribution in [2.75, 3.05) is 25.0 Å². The maximum Gasteiger partial charge on any atom is 0.257 e. The molecule has 0 unspecified atom stereocenters.